The maximum absolute atomic E-state index is 14.0. The molecule has 0 unspecified atom stereocenters. The lowest BCUT2D eigenvalue weighted by Gasteiger charge is -2.20. The van der Waals surface area contributed by atoms with Gasteiger partial charge in [-0.25, -0.2) is 14.0 Å². The molecule has 0 aliphatic heterocycles. The van der Waals surface area contributed by atoms with Crippen molar-refractivity contribution in [1.29, 1.82) is 0 Å². The molecule has 0 radical (unpaired) electrons. The van der Waals surface area contributed by atoms with Crippen molar-refractivity contribution in [3.63, 3.8) is 0 Å². The number of nitrogens with two attached hydrogens (primary N) is 1. The number of carbonyl (C=O) groups excluding carboxylic acids is 2. The van der Waals surface area contributed by atoms with Gasteiger partial charge in [-0.05, 0) is 45.9 Å². The Hall–Kier alpha value is -3.04. The Morgan fingerprint density at radius 2 is 1.76 bits per heavy atom. The van der Waals surface area contributed by atoms with E-state index in [0.29, 0.717) is 12.1 Å². The lowest BCUT2D eigenvalue weighted by molar-refractivity contribution is -0.140. The monoisotopic (exact) mass is 416 g/mol. The molecule has 2 rings (SSSR count). The highest BCUT2D eigenvalue weighted by Gasteiger charge is 2.35. The van der Waals surface area contributed by atoms with Gasteiger partial charge in [-0.15, -0.1) is 0 Å². The Balaban J connectivity index is 2.66. The van der Waals surface area contributed by atoms with Gasteiger partial charge in [0.15, 0.2) is 5.69 Å². The highest BCUT2D eigenvalue weighted by atomic mass is 19.4. The van der Waals surface area contributed by atoms with Crippen LogP contribution in [0.2, 0.25) is 0 Å². The molecule has 6 nitrogen and oxygen atoms in total. The minimum absolute atomic E-state index is 0.0279. The molecule has 1 aromatic carbocycles. The number of nitrogens with zero attached hydrogens (tertiary/aromatic N) is 1. The van der Waals surface area contributed by atoms with Crippen LogP contribution >= 0.6 is 0 Å². The molecule has 0 spiro atoms. The number of nitrogen functional groups attached to an aromatic ring is 1. The number of benzene rings is 1. The molecule has 2 N–H and O–H groups in total. The fraction of sp³-hybridized carbons (Fsp3) is 0.368. The topological polar surface area (TPSA) is 83.5 Å². The van der Waals surface area contributed by atoms with Crippen LogP contribution in [0.1, 0.15) is 54.1 Å². The molecule has 0 aliphatic rings. The van der Waals surface area contributed by atoms with E-state index in [0.717, 1.165) is 16.8 Å². The van der Waals surface area contributed by atoms with Gasteiger partial charge >= 0.3 is 18.1 Å². The molecule has 0 saturated heterocycles. The molecule has 10 heteroatoms. The second-order valence-corrected chi connectivity index (χ2v) is 7.06. The summed E-state index contributed by atoms with van der Waals surface area (Å²) < 4.78 is 63.7. The smallest absolute Gasteiger partial charge is 0.419 e. The van der Waals surface area contributed by atoms with Crippen LogP contribution in [0.15, 0.2) is 24.4 Å². The summed E-state index contributed by atoms with van der Waals surface area (Å²) in [6.45, 7) is 6.38. The van der Waals surface area contributed by atoms with Crippen LogP contribution in [0.4, 0.5) is 23.2 Å². The van der Waals surface area contributed by atoms with Crippen LogP contribution in [0.25, 0.3) is 5.69 Å². The van der Waals surface area contributed by atoms with Crippen molar-refractivity contribution in [3.8, 4) is 5.69 Å². The predicted octanol–water partition coefficient (Wildman–Crippen LogP) is 4.35. The number of hydrogen-bond acceptors (Lipinski definition) is 5. The van der Waals surface area contributed by atoms with E-state index in [-0.39, 0.29) is 29.2 Å². The molecular formula is C19H20F4N2O4. The quantitative estimate of drug-likeness (QED) is 0.592. The average Bonchev–Trinajstić information content (AvgIpc) is 2.89. The second-order valence-electron chi connectivity index (χ2n) is 7.06. The SMILES string of the molecule is CCOC(=O)c1cn(-c2ccc(C(F)(F)F)c(F)c2)c(C(=O)OC(C)(C)C)c1N. The Kier molecular flexibility index (Phi) is 5.96. The van der Waals surface area contributed by atoms with Crippen LogP contribution in [0, 0.1) is 5.82 Å². The van der Waals surface area contributed by atoms with Crippen molar-refractivity contribution in [1.82, 2.24) is 4.57 Å². The molecule has 0 bridgehead atoms. The molecule has 158 valence electrons. The van der Waals surface area contributed by atoms with Gasteiger partial charge in [-0.3, -0.25) is 0 Å². The van der Waals surface area contributed by atoms with Crippen molar-refractivity contribution >= 4 is 17.6 Å². The molecule has 0 saturated carbocycles. The summed E-state index contributed by atoms with van der Waals surface area (Å²) in [6, 6.07) is 2.07. The molecule has 29 heavy (non-hydrogen) atoms. The van der Waals surface area contributed by atoms with E-state index in [2.05, 4.69) is 0 Å². The van der Waals surface area contributed by atoms with Crippen molar-refractivity contribution in [2.45, 2.75) is 39.5 Å². The van der Waals surface area contributed by atoms with E-state index < -0.39 is 35.1 Å². The zero-order valence-corrected chi connectivity index (χ0v) is 16.2. The van der Waals surface area contributed by atoms with Gasteiger partial charge in [0.2, 0.25) is 0 Å². The first kappa shape index (κ1) is 22.3. The molecule has 0 atom stereocenters. The highest BCUT2D eigenvalue weighted by Crippen LogP contribution is 2.33. The van der Waals surface area contributed by atoms with Gasteiger partial charge < -0.3 is 19.8 Å². The van der Waals surface area contributed by atoms with Gasteiger partial charge in [0, 0.05) is 11.9 Å². The normalized spacial score (nSPS) is 12.0. The van der Waals surface area contributed by atoms with Crippen molar-refractivity contribution in [2.75, 3.05) is 12.3 Å². The van der Waals surface area contributed by atoms with E-state index in [1.54, 1.807) is 27.7 Å². The lowest BCUT2D eigenvalue weighted by Crippen LogP contribution is -2.26. The molecule has 0 fully saturated rings. The lowest BCUT2D eigenvalue weighted by atomic mass is 10.1. The van der Waals surface area contributed by atoms with Crippen LogP contribution in [0.3, 0.4) is 0 Å². The number of anilines is 1. The number of alkyl halides is 3. The molecule has 1 heterocycles. The fourth-order valence-corrected chi connectivity index (χ4v) is 2.51. The summed E-state index contributed by atoms with van der Waals surface area (Å²) in [6.07, 6.45) is -3.79. The third kappa shape index (κ3) is 4.87. The number of esters is 2. The predicted molar refractivity (Wildman–Crippen MR) is 96.3 cm³/mol. The van der Waals surface area contributed by atoms with Gasteiger partial charge in [0.05, 0.1) is 17.9 Å². The fourth-order valence-electron chi connectivity index (χ4n) is 2.51. The van der Waals surface area contributed by atoms with Crippen LogP contribution in [-0.4, -0.2) is 28.7 Å². The Morgan fingerprint density at radius 3 is 2.24 bits per heavy atom. The summed E-state index contributed by atoms with van der Waals surface area (Å²) in [4.78, 5) is 24.8. The largest absolute Gasteiger partial charge is 0.462 e. The Morgan fingerprint density at radius 1 is 1.14 bits per heavy atom. The maximum Gasteiger partial charge on any atom is 0.419 e. The van der Waals surface area contributed by atoms with Crippen LogP contribution in [0.5, 0.6) is 0 Å². The number of ether oxygens (including phenoxy) is 2. The van der Waals surface area contributed by atoms with Crippen molar-refractivity contribution in [2.24, 2.45) is 0 Å². The second kappa shape index (κ2) is 7.76. The van der Waals surface area contributed by atoms with E-state index in [1.165, 1.54) is 0 Å². The Labute approximate surface area is 164 Å². The molecule has 2 aromatic rings. The minimum atomic E-state index is -4.89. The minimum Gasteiger partial charge on any atom is -0.462 e. The molecular weight excluding hydrogens is 396 g/mol. The van der Waals surface area contributed by atoms with Gasteiger partial charge in [0.25, 0.3) is 0 Å². The third-order valence-corrected chi connectivity index (χ3v) is 3.67. The number of hydrogen-bond donors (Lipinski definition) is 1. The van der Waals surface area contributed by atoms with Gasteiger partial charge in [-0.2, -0.15) is 13.2 Å². The zero-order chi connectivity index (χ0) is 22.1. The summed E-state index contributed by atoms with van der Waals surface area (Å²) >= 11 is 0. The maximum atomic E-state index is 14.0. The van der Waals surface area contributed by atoms with E-state index in [1.807, 2.05) is 0 Å². The first-order valence-electron chi connectivity index (χ1n) is 8.54. The standard InChI is InChI=1S/C19H20F4N2O4/c1-5-28-16(26)11-9-25(15(14(11)24)17(27)29-18(2,3)4)10-6-7-12(13(20)8-10)19(21,22)23/h6-9H,5,24H2,1-4H3. The van der Waals surface area contributed by atoms with Gasteiger partial charge in [-0.1, -0.05) is 0 Å². The zero-order valence-electron chi connectivity index (χ0n) is 16.2. The summed E-state index contributed by atoms with van der Waals surface area (Å²) in [5.74, 6) is -3.33. The van der Waals surface area contributed by atoms with E-state index >= 15 is 0 Å². The van der Waals surface area contributed by atoms with E-state index in [4.69, 9.17) is 15.2 Å². The third-order valence-electron chi connectivity index (χ3n) is 3.67. The van der Waals surface area contributed by atoms with Crippen LogP contribution in [-0.2, 0) is 15.7 Å². The molecule has 0 amide bonds. The Bertz CT molecular complexity index is 943. The summed E-state index contributed by atoms with van der Waals surface area (Å²) in [5.41, 5.74) is 2.56. The highest BCUT2D eigenvalue weighted by molar-refractivity contribution is 6.04. The first-order chi connectivity index (χ1) is 13.3. The average molecular weight is 416 g/mol. The first-order valence-corrected chi connectivity index (χ1v) is 8.54. The van der Waals surface area contributed by atoms with Crippen molar-refractivity contribution < 1.29 is 36.6 Å². The van der Waals surface area contributed by atoms with Gasteiger partial charge in [0.1, 0.15) is 17.0 Å². The summed E-state index contributed by atoms with van der Waals surface area (Å²) in [5, 5.41) is 0. The summed E-state index contributed by atoms with van der Waals surface area (Å²) in [7, 11) is 0. The number of carbonyl (C=O) groups is 2. The number of aromatic nitrogens is 1. The van der Waals surface area contributed by atoms with E-state index in [9.17, 15) is 27.2 Å². The van der Waals surface area contributed by atoms with Crippen molar-refractivity contribution in [3.05, 3.63) is 47.0 Å². The van der Waals surface area contributed by atoms with Crippen LogP contribution < -0.4 is 5.73 Å². The molecule has 0 aliphatic carbocycles. The molecule has 1 aromatic heterocycles. The number of rotatable bonds is 4. The number of halogens is 4.